The molecular weight excluding hydrogens is 198 g/mol. The van der Waals surface area contributed by atoms with Gasteiger partial charge in [-0.15, -0.1) is 0 Å². The molecule has 0 spiro atoms. The van der Waals surface area contributed by atoms with E-state index in [1.807, 2.05) is 6.92 Å². The molecule has 1 rings (SSSR count). The van der Waals surface area contributed by atoms with Gasteiger partial charge in [0.15, 0.2) is 0 Å². The maximum Gasteiger partial charge on any atom is 0.323 e. The Balaban J connectivity index is 2.56. The summed E-state index contributed by atoms with van der Waals surface area (Å²) in [5.74, 6) is -0.277. The fourth-order valence-corrected chi connectivity index (χ4v) is 1.87. The van der Waals surface area contributed by atoms with Crippen molar-refractivity contribution in [3.05, 3.63) is 0 Å². The van der Waals surface area contributed by atoms with Gasteiger partial charge in [-0.1, -0.05) is 6.92 Å². The third kappa shape index (κ3) is 2.90. The molecule has 0 bridgehead atoms. The molecule has 0 radical (unpaired) electrons. The Morgan fingerprint density at radius 2 is 1.93 bits per heavy atom. The number of esters is 1. The first-order valence-corrected chi connectivity index (χ1v) is 5.36. The highest BCUT2D eigenvalue weighted by atomic mass is 16.5. The van der Waals surface area contributed by atoms with Crippen LogP contribution < -0.4 is 0 Å². The third-order valence-electron chi connectivity index (χ3n) is 2.67. The topological polar surface area (TPSA) is 70.0 Å². The lowest BCUT2D eigenvalue weighted by molar-refractivity contribution is -0.149. The number of rotatable bonds is 4. The van der Waals surface area contributed by atoms with Crippen LogP contribution in [0.25, 0.3) is 0 Å². The number of carbonyl (C=O) groups excluding carboxylic acids is 1. The molecule has 3 atom stereocenters. The lowest BCUT2D eigenvalue weighted by atomic mass is 10.2. The number of aliphatic hydroxyl groups excluding tert-OH is 2. The van der Waals surface area contributed by atoms with Crippen molar-refractivity contribution in [2.75, 3.05) is 19.7 Å². The van der Waals surface area contributed by atoms with Crippen molar-refractivity contribution in [2.24, 2.45) is 0 Å². The monoisotopic (exact) mass is 217 g/mol. The summed E-state index contributed by atoms with van der Waals surface area (Å²) in [7, 11) is 0. The van der Waals surface area contributed by atoms with Gasteiger partial charge in [0, 0.05) is 13.1 Å². The predicted octanol–water partition coefficient (Wildman–Crippen LogP) is -0.635. The predicted molar refractivity (Wildman–Crippen MR) is 54.3 cm³/mol. The number of likely N-dealkylation sites (tertiary alicyclic amines) is 1. The fraction of sp³-hybridized carbons (Fsp3) is 0.900. The minimum atomic E-state index is -0.756. The van der Waals surface area contributed by atoms with E-state index in [9.17, 15) is 15.0 Å². The SMILES string of the molecule is CCOC(=O)C(CC)N1C[C@@H](O)[C@@H](O)C1. The average molecular weight is 217 g/mol. The molecule has 1 fully saturated rings. The van der Waals surface area contributed by atoms with Gasteiger partial charge < -0.3 is 14.9 Å². The van der Waals surface area contributed by atoms with Crippen molar-refractivity contribution in [1.82, 2.24) is 4.90 Å². The number of ether oxygens (including phenoxy) is 1. The Morgan fingerprint density at radius 1 is 1.40 bits per heavy atom. The van der Waals surface area contributed by atoms with Crippen molar-refractivity contribution < 1.29 is 19.7 Å². The van der Waals surface area contributed by atoms with E-state index in [2.05, 4.69) is 0 Å². The molecule has 88 valence electrons. The first-order chi connectivity index (χ1) is 7.10. The van der Waals surface area contributed by atoms with Crippen LogP contribution in [0, 0.1) is 0 Å². The van der Waals surface area contributed by atoms with Gasteiger partial charge in [-0.3, -0.25) is 9.69 Å². The molecule has 0 aliphatic carbocycles. The van der Waals surface area contributed by atoms with Gasteiger partial charge in [0.05, 0.1) is 18.8 Å². The summed E-state index contributed by atoms with van der Waals surface area (Å²) in [6.07, 6.45) is -0.889. The minimum Gasteiger partial charge on any atom is -0.465 e. The molecule has 1 heterocycles. The summed E-state index contributed by atoms with van der Waals surface area (Å²) < 4.78 is 4.93. The zero-order chi connectivity index (χ0) is 11.4. The quantitative estimate of drug-likeness (QED) is 0.613. The van der Waals surface area contributed by atoms with Gasteiger partial charge in [0.1, 0.15) is 6.04 Å². The number of nitrogens with zero attached hydrogens (tertiary/aromatic N) is 1. The highest BCUT2D eigenvalue weighted by molar-refractivity contribution is 5.75. The van der Waals surface area contributed by atoms with Crippen LogP contribution in [0.15, 0.2) is 0 Å². The molecule has 0 saturated carbocycles. The Labute approximate surface area is 89.6 Å². The fourth-order valence-electron chi connectivity index (χ4n) is 1.87. The summed E-state index contributed by atoms with van der Waals surface area (Å²) in [5, 5.41) is 18.8. The summed E-state index contributed by atoms with van der Waals surface area (Å²) in [5.41, 5.74) is 0. The van der Waals surface area contributed by atoms with E-state index < -0.39 is 12.2 Å². The molecule has 5 nitrogen and oxygen atoms in total. The van der Waals surface area contributed by atoms with Crippen molar-refractivity contribution >= 4 is 5.97 Å². The molecule has 2 N–H and O–H groups in total. The van der Waals surface area contributed by atoms with Gasteiger partial charge in [-0.05, 0) is 13.3 Å². The lowest BCUT2D eigenvalue weighted by Crippen LogP contribution is -2.41. The van der Waals surface area contributed by atoms with E-state index in [0.717, 1.165) is 0 Å². The van der Waals surface area contributed by atoms with Crippen molar-refractivity contribution in [3.8, 4) is 0 Å². The van der Waals surface area contributed by atoms with Gasteiger partial charge in [-0.25, -0.2) is 0 Å². The highest BCUT2D eigenvalue weighted by Gasteiger charge is 2.36. The third-order valence-corrected chi connectivity index (χ3v) is 2.67. The smallest absolute Gasteiger partial charge is 0.323 e. The van der Waals surface area contributed by atoms with E-state index in [1.165, 1.54) is 0 Å². The van der Waals surface area contributed by atoms with Crippen LogP contribution in [0.2, 0.25) is 0 Å². The van der Waals surface area contributed by atoms with E-state index in [0.29, 0.717) is 26.1 Å². The van der Waals surface area contributed by atoms with Gasteiger partial charge in [0.2, 0.25) is 0 Å². The molecule has 1 unspecified atom stereocenters. The van der Waals surface area contributed by atoms with E-state index in [-0.39, 0.29) is 12.0 Å². The molecule has 0 aromatic carbocycles. The number of carbonyl (C=O) groups is 1. The second kappa shape index (κ2) is 5.44. The maximum absolute atomic E-state index is 11.5. The number of hydrogen-bond acceptors (Lipinski definition) is 5. The van der Waals surface area contributed by atoms with Crippen LogP contribution in [0.5, 0.6) is 0 Å². The molecule has 0 aromatic heterocycles. The van der Waals surface area contributed by atoms with E-state index >= 15 is 0 Å². The zero-order valence-electron chi connectivity index (χ0n) is 9.22. The Hall–Kier alpha value is -0.650. The highest BCUT2D eigenvalue weighted by Crippen LogP contribution is 2.16. The van der Waals surface area contributed by atoms with Gasteiger partial charge >= 0.3 is 5.97 Å². The first kappa shape index (κ1) is 12.4. The van der Waals surface area contributed by atoms with E-state index in [4.69, 9.17) is 4.74 Å². The summed E-state index contributed by atoms with van der Waals surface area (Å²) >= 11 is 0. The Morgan fingerprint density at radius 3 is 2.33 bits per heavy atom. The maximum atomic E-state index is 11.5. The van der Waals surface area contributed by atoms with Crippen LogP contribution in [-0.2, 0) is 9.53 Å². The molecule has 1 aliphatic heterocycles. The second-order valence-corrected chi connectivity index (χ2v) is 3.76. The lowest BCUT2D eigenvalue weighted by Gasteiger charge is -2.24. The van der Waals surface area contributed by atoms with Gasteiger partial charge in [-0.2, -0.15) is 0 Å². The number of hydrogen-bond donors (Lipinski definition) is 2. The number of β-amino-alcohol motifs (C(OH)–C–C–N with tert-alkyl or cyclic N) is 2. The standard InChI is InChI=1S/C10H19NO4/c1-3-7(10(14)15-4-2)11-5-8(12)9(13)6-11/h7-9,12-13H,3-6H2,1-2H3/t7?,8-,9+. The summed E-state index contributed by atoms with van der Waals surface area (Å²) in [6, 6.07) is -0.350. The average Bonchev–Trinajstić information content (AvgIpc) is 2.48. The second-order valence-electron chi connectivity index (χ2n) is 3.76. The molecule has 5 heteroatoms. The number of aliphatic hydroxyl groups is 2. The van der Waals surface area contributed by atoms with Crippen LogP contribution in [0.1, 0.15) is 20.3 Å². The van der Waals surface area contributed by atoms with Crippen molar-refractivity contribution in [3.63, 3.8) is 0 Å². The van der Waals surface area contributed by atoms with Crippen LogP contribution in [-0.4, -0.2) is 59.0 Å². The summed E-state index contributed by atoms with van der Waals surface area (Å²) in [4.78, 5) is 13.3. The molecular formula is C10H19NO4. The first-order valence-electron chi connectivity index (χ1n) is 5.36. The molecule has 15 heavy (non-hydrogen) atoms. The molecule has 1 saturated heterocycles. The Kier molecular flexibility index (Phi) is 4.50. The van der Waals surface area contributed by atoms with Crippen LogP contribution >= 0.6 is 0 Å². The molecule has 0 amide bonds. The van der Waals surface area contributed by atoms with E-state index in [1.54, 1.807) is 11.8 Å². The molecule has 1 aliphatic rings. The minimum absolute atomic E-state index is 0.277. The normalized spacial score (nSPS) is 29.1. The largest absolute Gasteiger partial charge is 0.465 e. The van der Waals surface area contributed by atoms with Gasteiger partial charge in [0.25, 0.3) is 0 Å². The van der Waals surface area contributed by atoms with Crippen LogP contribution in [0.3, 0.4) is 0 Å². The van der Waals surface area contributed by atoms with Crippen molar-refractivity contribution in [1.29, 1.82) is 0 Å². The summed E-state index contributed by atoms with van der Waals surface area (Å²) in [6.45, 7) is 4.67. The Bertz CT molecular complexity index is 211. The zero-order valence-corrected chi connectivity index (χ0v) is 9.22. The van der Waals surface area contributed by atoms with Crippen molar-refractivity contribution in [2.45, 2.75) is 38.5 Å². The molecule has 0 aromatic rings. The van der Waals surface area contributed by atoms with Crippen LogP contribution in [0.4, 0.5) is 0 Å².